The van der Waals surface area contributed by atoms with Crippen LogP contribution in [0.3, 0.4) is 0 Å². The fourth-order valence-corrected chi connectivity index (χ4v) is 9.85. The van der Waals surface area contributed by atoms with E-state index >= 15 is 0 Å². The zero-order valence-electron chi connectivity index (χ0n) is 41.5. The first-order chi connectivity index (χ1) is 32.6. The number of carbonyl (C=O) groups excluding carboxylic acids is 3. The lowest BCUT2D eigenvalue weighted by Crippen LogP contribution is -2.54. The highest BCUT2D eigenvalue weighted by Crippen LogP contribution is 2.55. The Kier molecular flexibility index (Phi) is 16.1. The van der Waals surface area contributed by atoms with Crippen LogP contribution >= 0.6 is 0 Å². The number of hydrogen-bond donors (Lipinski definition) is 6. The molecule has 4 aliphatic rings. The molecule has 0 aliphatic carbocycles. The molecule has 0 aromatic heterocycles. The molecule has 0 spiro atoms. The maximum Gasteiger partial charge on any atom is 0.312 e. The van der Waals surface area contributed by atoms with Crippen molar-refractivity contribution < 1.29 is 63.6 Å². The predicted molar refractivity (Wildman–Crippen MR) is 260 cm³/mol. The zero-order valence-corrected chi connectivity index (χ0v) is 41.5. The molecule has 17 nitrogen and oxygen atoms in total. The summed E-state index contributed by atoms with van der Waals surface area (Å²) in [5.41, 5.74) is 0.595. The number of nitrogens with one attached hydrogen (secondary N) is 1. The number of carbonyl (C=O) groups is 3. The van der Waals surface area contributed by atoms with Crippen LogP contribution < -0.4 is 14.8 Å². The maximum atomic E-state index is 14.7. The number of esters is 1. The number of Topliss-reactive ketones (excluding diaryl/α,β-unsaturated/α-hetero) is 1. The highest BCUT2D eigenvalue weighted by atomic mass is 16.7. The molecule has 69 heavy (non-hydrogen) atoms. The van der Waals surface area contributed by atoms with Gasteiger partial charge in [0.2, 0.25) is 0 Å². The molecule has 4 aliphatic heterocycles. The van der Waals surface area contributed by atoms with E-state index < -0.39 is 88.8 Å². The smallest absolute Gasteiger partial charge is 0.312 e. The van der Waals surface area contributed by atoms with E-state index in [2.05, 4.69) is 10.2 Å². The number of amides is 1. The zero-order chi connectivity index (χ0) is 50.8. The van der Waals surface area contributed by atoms with E-state index in [1.165, 1.54) is 59.4 Å². The SMILES string of the molecule is COc1ccccc1CN1CC(C)N(/N=C\c2c3c(O)c4c(O)c(C)c5c(c4c2O)C(=O)[C@@](C)(O/C=C/[C@H](OC)[C@@H](C)[C@@H](OC(C)=O)[C@H](C)[C@H](O)[C@H](C)[C@@H](O)[C@@H](C)/C=C/C=C(/C)C(=O)N3)O5)C(C)C1. The highest BCUT2D eigenvalue weighted by molar-refractivity contribution is 6.23. The standard InChI is InChI=1S/C52H68N4O13/c1-26-16-15-17-27(2)51(64)54-42-36(22-53-56-28(3)23-55(24-29(56)4)25-35-18-13-14-19-38(35)66-12)46(61)39-40(47(42)62)45(60)33(8)49-41(39)50(63)52(10,69-49)67-21-20-37(65-11)30(5)48(68-34(9)57)32(7)44(59)31(6)43(26)58/h13-22,26,28-32,37,43-44,48,58-62H,23-25H2,1-12H3,(H,54,64)/b16-15+,21-20+,27-17-,53-22-/t26-,28?,29?,30+,31+,32+,37-,43-,44+,48+,52-/m0/s1. The number of hydrogen-bond acceptors (Lipinski definition) is 16. The van der Waals surface area contributed by atoms with Crippen molar-refractivity contribution in [1.82, 2.24) is 9.91 Å². The number of ether oxygens (including phenoxy) is 5. The summed E-state index contributed by atoms with van der Waals surface area (Å²) in [5.74, 6) is -7.76. The van der Waals surface area contributed by atoms with Crippen LogP contribution in [0.15, 0.2) is 65.5 Å². The van der Waals surface area contributed by atoms with Gasteiger partial charge in [-0.25, -0.2) is 0 Å². The molecular weight excluding hydrogens is 889 g/mol. The summed E-state index contributed by atoms with van der Waals surface area (Å²) in [7, 11) is 3.08. The second-order valence-electron chi connectivity index (χ2n) is 18.9. The summed E-state index contributed by atoms with van der Waals surface area (Å²) < 4.78 is 29.4. The van der Waals surface area contributed by atoms with E-state index in [9.17, 15) is 39.9 Å². The summed E-state index contributed by atoms with van der Waals surface area (Å²) in [6.07, 6.45) is 4.83. The van der Waals surface area contributed by atoms with Crippen molar-refractivity contribution in [2.45, 2.75) is 118 Å². The van der Waals surface area contributed by atoms with E-state index in [0.717, 1.165) is 11.3 Å². The van der Waals surface area contributed by atoms with Gasteiger partial charge >= 0.3 is 11.8 Å². The molecule has 1 amide bonds. The Morgan fingerprint density at radius 2 is 1.58 bits per heavy atom. The van der Waals surface area contributed by atoms with E-state index in [1.54, 1.807) is 47.0 Å². The Hall–Kier alpha value is -6.14. The number of anilines is 1. The monoisotopic (exact) mass is 956 g/mol. The number of phenolic OH excluding ortho intramolecular Hbond substituents is 3. The van der Waals surface area contributed by atoms with Gasteiger partial charge in [0, 0.05) is 86.3 Å². The molecule has 0 saturated carbocycles. The van der Waals surface area contributed by atoms with Crippen LogP contribution in [-0.2, 0) is 30.3 Å². The Morgan fingerprint density at radius 3 is 2.22 bits per heavy atom. The molecule has 4 heterocycles. The van der Waals surface area contributed by atoms with Gasteiger partial charge in [-0.2, -0.15) is 5.10 Å². The van der Waals surface area contributed by atoms with Crippen LogP contribution in [0, 0.1) is 30.6 Å². The van der Waals surface area contributed by atoms with Crippen molar-refractivity contribution in [3.8, 4) is 28.7 Å². The number of benzene rings is 3. The van der Waals surface area contributed by atoms with Gasteiger partial charge in [-0.1, -0.05) is 64.1 Å². The lowest BCUT2D eigenvalue weighted by Gasteiger charge is -2.43. The number of aliphatic hydroxyl groups excluding tert-OH is 2. The third kappa shape index (κ3) is 10.4. The number of nitrogens with zero attached hydrogens (tertiary/aromatic N) is 3. The summed E-state index contributed by atoms with van der Waals surface area (Å²) in [6, 6.07) is 7.52. The minimum absolute atomic E-state index is 0.0432. The molecule has 5 bridgehead atoms. The first-order valence-electron chi connectivity index (χ1n) is 23.3. The van der Waals surface area contributed by atoms with Crippen molar-refractivity contribution in [2.24, 2.45) is 28.8 Å². The van der Waals surface area contributed by atoms with Crippen molar-refractivity contribution in [2.75, 3.05) is 32.6 Å². The van der Waals surface area contributed by atoms with E-state index in [4.69, 9.17) is 28.8 Å². The largest absolute Gasteiger partial charge is 0.507 e. The maximum absolute atomic E-state index is 14.7. The molecule has 0 radical (unpaired) electrons. The Morgan fingerprint density at radius 1 is 0.913 bits per heavy atom. The van der Waals surface area contributed by atoms with Gasteiger partial charge in [0.05, 0.1) is 72.2 Å². The van der Waals surface area contributed by atoms with Gasteiger partial charge < -0.3 is 54.5 Å². The normalized spacial score (nSPS) is 31.2. The summed E-state index contributed by atoms with van der Waals surface area (Å²) in [5, 5.41) is 68.2. The molecule has 2 unspecified atom stereocenters. The highest BCUT2D eigenvalue weighted by Gasteiger charge is 2.50. The van der Waals surface area contributed by atoms with Crippen molar-refractivity contribution in [3.63, 3.8) is 0 Å². The number of allylic oxidation sites excluding steroid dienone is 2. The molecule has 7 rings (SSSR count). The van der Waals surface area contributed by atoms with Gasteiger partial charge in [-0.05, 0) is 39.8 Å². The van der Waals surface area contributed by atoms with Gasteiger partial charge in [0.15, 0.2) is 5.75 Å². The molecule has 1 saturated heterocycles. The number of fused-ring (bicyclic) bond motifs is 14. The number of para-hydroxylation sites is 1. The van der Waals surface area contributed by atoms with Crippen LogP contribution in [0.1, 0.15) is 89.4 Å². The molecule has 3 aromatic carbocycles. The van der Waals surface area contributed by atoms with Crippen molar-refractivity contribution in [3.05, 3.63) is 82.7 Å². The van der Waals surface area contributed by atoms with E-state index in [1.807, 2.05) is 43.1 Å². The van der Waals surface area contributed by atoms with Crippen LogP contribution in [0.2, 0.25) is 0 Å². The number of ketones is 1. The molecule has 1 fully saturated rings. The third-order valence-electron chi connectivity index (χ3n) is 13.9. The van der Waals surface area contributed by atoms with Crippen molar-refractivity contribution >= 4 is 40.3 Å². The summed E-state index contributed by atoms with van der Waals surface area (Å²) in [6.45, 7) is 18.4. The van der Waals surface area contributed by atoms with Crippen LogP contribution in [0.25, 0.3) is 10.8 Å². The Labute approximate surface area is 403 Å². The summed E-state index contributed by atoms with van der Waals surface area (Å²) in [4.78, 5) is 43.4. The van der Waals surface area contributed by atoms with Gasteiger partial charge in [-0.3, -0.25) is 24.3 Å². The van der Waals surface area contributed by atoms with Crippen LogP contribution in [0.5, 0.6) is 28.7 Å². The minimum atomic E-state index is -2.08. The lowest BCUT2D eigenvalue weighted by molar-refractivity contribution is -0.160. The number of hydrazone groups is 1. The Bertz CT molecular complexity index is 2540. The summed E-state index contributed by atoms with van der Waals surface area (Å²) >= 11 is 0. The quantitative estimate of drug-likeness (QED) is 0.0627. The fourth-order valence-electron chi connectivity index (χ4n) is 9.85. The first-order valence-corrected chi connectivity index (χ1v) is 23.3. The first kappa shape index (κ1) is 52.2. The van der Waals surface area contributed by atoms with Gasteiger partial charge in [-0.15, -0.1) is 0 Å². The molecule has 17 heteroatoms. The number of piperazine rings is 1. The fraction of sp³-hybridized carbons (Fsp3) is 0.500. The minimum Gasteiger partial charge on any atom is -0.507 e. The molecule has 3 aromatic rings. The van der Waals surface area contributed by atoms with Gasteiger partial charge in [0.1, 0.15) is 29.1 Å². The van der Waals surface area contributed by atoms with E-state index in [-0.39, 0.29) is 56.6 Å². The second-order valence-corrected chi connectivity index (χ2v) is 18.9. The topological polar surface area (TPSA) is 229 Å². The van der Waals surface area contributed by atoms with Crippen LogP contribution in [-0.4, -0.2) is 129 Å². The van der Waals surface area contributed by atoms with Crippen molar-refractivity contribution in [1.29, 1.82) is 0 Å². The number of aromatic hydroxyl groups is 3. The number of methoxy groups -OCH3 is 2. The average molecular weight is 957 g/mol. The number of phenols is 3. The predicted octanol–water partition coefficient (Wildman–Crippen LogP) is 6.69. The molecule has 374 valence electrons. The number of aliphatic hydroxyl groups is 2. The number of rotatable bonds is 7. The molecule has 11 atom stereocenters. The van der Waals surface area contributed by atoms with Gasteiger partial charge in [0.25, 0.3) is 11.7 Å². The molecule has 6 N–H and O–H groups in total. The van der Waals surface area contributed by atoms with Crippen LogP contribution in [0.4, 0.5) is 5.69 Å². The average Bonchev–Trinajstić information content (AvgIpc) is 3.57. The van der Waals surface area contributed by atoms with E-state index in [0.29, 0.717) is 19.6 Å². The second kappa shape index (κ2) is 21.2. The lowest BCUT2D eigenvalue weighted by atomic mass is 9.78. The third-order valence-corrected chi connectivity index (χ3v) is 13.9. The Balaban J connectivity index is 1.48. The molecular formula is C52H68N4O13.